The smallest absolute Gasteiger partial charge is 0.329 e. The Hall–Kier alpha value is -3.11. The van der Waals surface area contributed by atoms with Crippen LogP contribution in [0.5, 0.6) is 5.75 Å². The number of aromatic nitrogens is 4. The molecule has 0 spiro atoms. The Kier molecular flexibility index (Phi) is 5.60. The maximum atomic E-state index is 12.6. The Balaban J connectivity index is 1.66. The summed E-state index contributed by atoms with van der Waals surface area (Å²) in [4.78, 5) is 33.6. The number of aromatic amines is 1. The first-order chi connectivity index (χ1) is 14.4. The standard InChI is InChI=1S/C20H26N6O4/c1-13-4-3-5-15(10-13)30-12-14(27)11-26-16-17(24(2)20(29)23-18(16)28)22-19(26)25-8-6-21-7-9-25/h3-5,10,14,21,27H,6-9,11-12H2,1-2H3,(H,23,28,29)/t14-/m1/s1. The average molecular weight is 414 g/mol. The van der Waals surface area contributed by atoms with Crippen LogP contribution in [0, 0.1) is 6.92 Å². The SMILES string of the molecule is Cc1cccc(OC[C@H](O)Cn2c(N3CCNCC3)nc3c2c(=O)[nH]c(=O)n3C)c1. The molecule has 1 fully saturated rings. The number of anilines is 1. The van der Waals surface area contributed by atoms with Crippen molar-refractivity contribution < 1.29 is 9.84 Å². The predicted molar refractivity (Wildman–Crippen MR) is 113 cm³/mol. The second-order valence-electron chi connectivity index (χ2n) is 7.53. The van der Waals surface area contributed by atoms with E-state index in [1.54, 1.807) is 11.6 Å². The van der Waals surface area contributed by atoms with Gasteiger partial charge in [0.05, 0.1) is 6.54 Å². The van der Waals surface area contributed by atoms with Crippen LogP contribution in [0.3, 0.4) is 0 Å². The van der Waals surface area contributed by atoms with E-state index in [1.165, 1.54) is 4.57 Å². The van der Waals surface area contributed by atoms with E-state index in [2.05, 4.69) is 20.2 Å². The lowest BCUT2D eigenvalue weighted by Gasteiger charge is -2.29. The molecule has 1 saturated heterocycles. The molecule has 10 nitrogen and oxygen atoms in total. The van der Waals surface area contributed by atoms with E-state index >= 15 is 0 Å². The molecule has 0 aliphatic carbocycles. The molecule has 3 N–H and O–H groups in total. The Morgan fingerprint density at radius 2 is 2.03 bits per heavy atom. The van der Waals surface area contributed by atoms with Gasteiger partial charge in [-0.2, -0.15) is 4.98 Å². The number of piperazine rings is 1. The minimum atomic E-state index is -0.874. The van der Waals surface area contributed by atoms with Crippen LogP contribution in [0.1, 0.15) is 5.56 Å². The lowest BCUT2D eigenvalue weighted by molar-refractivity contribution is 0.0936. The Morgan fingerprint density at radius 1 is 1.27 bits per heavy atom. The maximum absolute atomic E-state index is 12.6. The van der Waals surface area contributed by atoms with Gasteiger partial charge in [0, 0.05) is 33.2 Å². The Labute approximate surface area is 172 Å². The second kappa shape index (κ2) is 8.33. The second-order valence-corrected chi connectivity index (χ2v) is 7.53. The Bertz CT molecular complexity index is 1160. The summed E-state index contributed by atoms with van der Waals surface area (Å²) in [5, 5.41) is 13.9. The van der Waals surface area contributed by atoms with Crippen LogP contribution >= 0.6 is 0 Å². The molecule has 4 rings (SSSR count). The van der Waals surface area contributed by atoms with E-state index in [9.17, 15) is 14.7 Å². The molecular formula is C20H26N6O4. The quantitative estimate of drug-likeness (QED) is 0.502. The summed E-state index contributed by atoms with van der Waals surface area (Å²) in [6.07, 6.45) is -0.874. The number of benzene rings is 1. The van der Waals surface area contributed by atoms with Gasteiger partial charge in [-0.1, -0.05) is 12.1 Å². The molecule has 3 aromatic rings. The number of nitrogens with zero attached hydrogens (tertiary/aromatic N) is 4. The number of rotatable bonds is 6. The van der Waals surface area contributed by atoms with Crippen molar-refractivity contribution in [3.8, 4) is 5.75 Å². The van der Waals surface area contributed by atoms with Crippen LogP contribution < -0.4 is 26.2 Å². The van der Waals surface area contributed by atoms with Crippen molar-refractivity contribution in [2.75, 3.05) is 37.7 Å². The van der Waals surface area contributed by atoms with Gasteiger partial charge in [-0.05, 0) is 24.6 Å². The summed E-state index contributed by atoms with van der Waals surface area (Å²) in [7, 11) is 1.57. The van der Waals surface area contributed by atoms with Crippen molar-refractivity contribution in [2.45, 2.75) is 19.6 Å². The number of imidazole rings is 1. The number of hydrogen-bond acceptors (Lipinski definition) is 7. The molecule has 0 saturated carbocycles. The van der Waals surface area contributed by atoms with E-state index in [1.807, 2.05) is 31.2 Å². The summed E-state index contributed by atoms with van der Waals surface area (Å²) in [5.74, 6) is 1.24. The molecule has 2 aromatic heterocycles. The van der Waals surface area contributed by atoms with Gasteiger partial charge in [-0.3, -0.25) is 14.3 Å². The number of fused-ring (bicyclic) bond motifs is 1. The number of ether oxygens (including phenoxy) is 1. The van der Waals surface area contributed by atoms with E-state index in [-0.39, 0.29) is 18.7 Å². The third-order valence-electron chi connectivity index (χ3n) is 5.21. The summed E-state index contributed by atoms with van der Waals surface area (Å²) < 4.78 is 8.72. The molecular weight excluding hydrogens is 388 g/mol. The van der Waals surface area contributed by atoms with Crippen LogP contribution in [-0.4, -0.2) is 63.1 Å². The minimum absolute atomic E-state index is 0.0633. The molecule has 1 aliphatic heterocycles. The fourth-order valence-electron chi connectivity index (χ4n) is 3.66. The first-order valence-electron chi connectivity index (χ1n) is 9.97. The minimum Gasteiger partial charge on any atom is -0.491 e. The van der Waals surface area contributed by atoms with Crippen molar-refractivity contribution >= 4 is 17.1 Å². The van der Waals surface area contributed by atoms with Crippen LogP contribution in [0.2, 0.25) is 0 Å². The lowest BCUT2D eigenvalue weighted by atomic mass is 10.2. The van der Waals surface area contributed by atoms with E-state index < -0.39 is 17.4 Å². The fraction of sp³-hybridized carbons (Fsp3) is 0.450. The normalized spacial score (nSPS) is 15.5. The van der Waals surface area contributed by atoms with E-state index in [0.717, 1.165) is 18.7 Å². The van der Waals surface area contributed by atoms with Crippen molar-refractivity contribution in [3.63, 3.8) is 0 Å². The first-order valence-corrected chi connectivity index (χ1v) is 9.97. The van der Waals surface area contributed by atoms with Crippen molar-refractivity contribution in [3.05, 3.63) is 50.7 Å². The van der Waals surface area contributed by atoms with Crippen molar-refractivity contribution in [2.24, 2.45) is 7.05 Å². The van der Waals surface area contributed by atoms with Gasteiger partial charge in [0.25, 0.3) is 5.56 Å². The van der Waals surface area contributed by atoms with Gasteiger partial charge >= 0.3 is 5.69 Å². The zero-order chi connectivity index (χ0) is 21.3. The van der Waals surface area contributed by atoms with Crippen LogP contribution in [0.15, 0.2) is 33.9 Å². The summed E-state index contributed by atoms with van der Waals surface area (Å²) in [6, 6.07) is 7.59. The monoisotopic (exact) mass is 414 g/mol. The topological polar surface area (TPSA) is 117 Å². The molecule has 0 radical (unpaired) electrons. The van der Waals surface area contributed by atoms with Gasteiger partial charge in [-0.25, -0.2) is 4.79 Å². The van der Waals surface area contributed by atoms with Crippen LogP contribution in [-0.2, 0) is 13.6 Å². The highest BCUT2D eigenvalue weighted by Gasteiger charge is 2.24. The van der Waals surface area contributed by atoms with Gasteiger partial charge in [0.2, 0.25) is 5.95 Å². The van der Waals surface area contributed by atoms with Crippen molar-refractivity contribution in [1.82, 2.24) is 24.4 Å². The highest BCUT2D eigenvalue weighted by molar-refractivity contribution is 5.74. The molecule has 30 heavy (non-hydrogen) atoms. The zero-order valence-electron chi connectivity index (χ0n) is 17.1. The largest absolute Gasteiger partial charge is 0.491 e. The van der Waals surface area contributed by atoms with Gasteiger partial charge < -0.3 is 24.6 Å². The molecule has 0 unspecified atom stereocenters. The predicted octanol–water partition coefficient (Wildman–Crippen LogP) is -0.419. The Morgan fingerprint density at radius 3 is 2.77 bits per heavy atom. The highest BCUT2D eigenvalue weighted by Crippen LogP contribution is 2.21. The third kappa shape index (κ3) is 3.96. The van der Waals surface area contributed by atoms with Gasteiger partial charge in [0.15, 0.2) is 11.2 Å². The molecule has 3 heterocycles. The van der Waals surface area contributed by atoms with Crippen LogP contribution in [0.25, 0.3) is 11.2 Å². The number of aliphatic hydroxyl groups excluding tert-OH is 1. The number of aliphatic hydroxyl groups is 1. The number of hydrogen-bond donors (Lipinski definition) is 3. The molecule has 160 valence electrons. The van der Waals surface area contributed by atoms with Gasteiger partial charge in [-0.15, -0.1) is 0 Å². The summed E-state index contributed by atoms with van der Waals surface area (Å²) in [5.41, 5.74) is 0.585. The highest BCUT2D eigenvalue weighted by atomic mass is 16.5. The molecule has 1 aliphatic rings. The van der Waals surface area contributed by atoms with Crippen LogP contribution in [0.4, 0.5) is 5.95 Å². The fourth-order valence-corrected chi connectivity index (χ4v) is 3.66. The third-order valence-corrected chi connectivity index (χ3v) is 5.21. The summed E-state index contributed by atoms with van der Waals surface area (Å²) in [6.45, 7) is 5.15. The molecule has 10 heteroatoms. The number of nitrogens with one attached hydrogen (secondary N) is 2. The molecule has 0 bridgehead atoms. The zero-order valence-corrected chi connectivity index (χ0v) is 17.1. The first kappa shape index (κ1) is 20.2. The number of aryl methyl sites for hydroxylation is 2. The van der Waals surface area contributed by atoms with E-state index in [4.69, 9.17) is 4.74 Å². The lowest BCUT2D eigenvalue weighted by Crippen LogP contribution is -2.45. The maximum Gasteiger partial charge on any atom is 0.329 e. The van der Waals surface area contributed by atoms with E-state index in [0.29, 0.717) is 30.4 Å². The molecule has 0 amide bonds. The molecule has 1 atom stereocenters. The average Bonchev–Trinajstić information content (AvgIpc) is 3.11. The number of H-pyrrole nitrogens is 1. The summed E-state index contributed by atoms with van der Waals surface area (Å²) >= 11 is 0. The molecule has 1 aromatic carbocycles. The van der Waals surface area contributed by atoms with Crippen molar-refractivity contribution in [1.29, 1.82) is 0 Å². The van der Waals surface area contributed by atoms with Gasteiger partial charge in [0.1, 0.15) is 18.5 Å².